The number of hydrogen-bond acceptors (Lipinski definition) is 3. The molecule has 2 heterocycles. The van der Waals surface area contributed by atoms with Crippen molar-refractivity contribution in [2.24, 2.45) is 0 Å². The molecule has 1 aromatic heterocycles. The number of rotatable bonds is 3. The van der Waals surface area contributed by atoms with Crippen LogP contribution in [0.25, 0.3) is 0 Å². The van der Waals surface area contributed by atoms with Gasteiger partial charge in [0.25, 0.3) is 0 Å². The van der Waals surface area contributed by atoms with Crippen molar-refractivity contribution in [1.82, 2.24) is 4.98 Å². The molecular formula is C12H19BrN2S. The van der Waals surface area contributed by atoms with E-state index >= 15 is 0 Å². The van der Waals surface area contributed by atoms with Crippen LogP contribution in [0.3, 0.4) is 0 Å². The minimum Gasteiger partial charge on any atom is -0.345 e. The van der Waals surface area contributed by atoms with Crippen LogP contribution >= 0.6 is 27.3 Å². The Bertz CT molecular complexity index is 329. The van der Waals surface area contributed by atoms with Gasteiger partial charge in [-0.05, 0) is 32.6 Å². The van der Waals surface area contributed by atoms with Gasteiger partial charge in [-0.2, -0.15) is 0 Å². The van der Waals surface area contributed by atoms with E-state index in [9.17, 15) is 0 Å². The first-order chi connectivity index (χ1) is 7.76. The summed E-state index contributed by atoms with van der Waals surface area (Å²) < 4.78 is 0. The zero-order chi connectivity index (χ0) is 11.5. The van der Waals surface area contributed by atoms with Gasteiger partial charge >= 0.3 is 0 Å². The Balaban J connectivity index is 2.22. The average molecular weight is 303 g/mol. The van der Waals surface area contributed by atoms with E-state index in [0.29, 0.717) is 6.04 Å². The molecule has 1 atom stereocenters. The summed E-state index contributed by atoms with van der Waals surface area (Å²) in [5, 5.41) is 2.18. The highest BCUT2D eigenvalue weighted by molar-refractivity contribution is 9.08. The topological polar surface area (TPSA) is 16.1 Å². The molecule has 2 nitrogen and oxygen atoms in total. The van der Waals surface area contributed by atoms with Crippen LogP contribution in [0.5, 0.6) is 0 Å². The number of alkyl halides is 1. The molecule has 0 spiro atoms. The second-order valence-electron chi connectivity index (χ2n) is 4.39. The molecule has 90 valence electrons. The Kier molecular flexibility index (Phi) is 4.25. The number of nitrogens with zero attached hydrogens (tertiary/aromatic N) is 2. The first kappa shape index (κ1) is 12.4. The summed E-state index contributed by atoms with van der Waals surface area (Å²) in [7, 11) is 0. The molecule has 1 unspecified atom stereocenters. The normalized spacial score (nSPS) is 21.4. The summed E-state index contributed by atoms with van der Waals surface area (Å²) in [4.78, 5) is 8.67. The largest absolute Gasteiger partial charge is 0.345 e. The maximum atomic E-state index is 4.79. The summed E-state index contributed by atoms with van der Waals surface area (Å²) in [5.41, 5.74) is 1.27. The fourth-order valence-electron chi connectivity index (χ4n) is 2.26. The zero-order valence-electron chi connectivity index (χ0n) is 10.0. The predicted molar refractivity (Wildman–Crippen MR) is 74.8 cm³/mol. The van der Waals surface area contributed by atoms with Gasteiger partial charge in [-0.15, -0.1) is 11.3 Å². The van der Waals surface area contributed by atoms with E-state index in [2.05, 4.69) is 34.7 Å². The third-order valence-corrected chi connectivity index (χ3v) is 5.34. The molecule has 0 saturated carbocycles. The van der Waals surface area contributed by atoms with E-state index < -0.39 is 0 Å². The maximum absolute atomic E-state index is 4.79. The number of halogens is 1. The Hall–Kier alpha value is -0.0900. The molecule has 1 saturated heterocycles. The van der Waals surface area contributed by atoms with Crippen LogP contribution in [-0.2, 0) is 11.8 Å². The first-order valence-electron chi connectivity index (χ1n) is 6.07. The number of aromatic nitrogens is 1. The summed E-state index contributed by atoms with van der Waals surface area (Å²) in [6, 6.07) is 0.660. The standard InChI is InChI=1S/C12H19BrN2S/c1-3-10-11(8-13)16-12(14-10)15-7-5-4-6-9(15)2/h9H,3-8H2,1-2H3. The first-order valence-corrected chi connectivity index (χ1v) is 8.01. The molecule has 0 N–H and O–H groups in total. The van der Waals surface area contributed by atoms with Crippen molar-refractivity contribution >= 4 is 32.4 Å². The van der Waals surface area contributed by atoms with Gasteiger partial charge in [0.1, 0.15) is 0 Å². The smallest absolute Gasteiger partial charge is 0.186 e. The van der Waals surface area contributed by atoms with Gasteiger partial charge in [0.05, 0.1) is 5.69 Å². The third-order valence-electron chi connectivity index (χ3n) is 3.27. The predicted octanol–water partition coefficient (Wildman–Crippen LogP) is 3.98. The highest BCUT2D eigenvalue weighted by Gasteiger charge is 2.22. The maximum Gasteiger partial charge on any atom is 0.186 e. The molecule has 1 aliphatic rings. The van der Waals surface area contributed by atoms with Crippen LogP contribution in [0.15, 0.2) is 0 Å². The number of thiazole rings is 1. The van der Waals surface area contributed by atoms with Crippen LogP contribution in [0.2, 0.25) is 0 Å². The Morgan fingerprint density at radius 1 is 1.50 bits per heavy atom. The molecule has 0 amide bonds. The molecular weight excluding hydrogens is 284 g/mol. The fourth-order valence-corrected chi connectivity index (χ4v) is 4.05. The lowest BCUT2D eigenvalue weighted by atomic mass is 10.1. The number of aryl methyl sites for hydroxylation is 1. The number of hydrogen-bond donors (Lipinski definition) is 0. The van der Waals surface area contributed by atoms with Crippen molar-refractivity contribution in [3.63, 3.8) is 0 Å². The van der Waals surface area contributed by atoms with Gasteiger partial charge in [0.15, 0.2) is 5.13 Å². The number of piperidine rings is 1. The molecule has 0 aromatic carbocycles. The summed E-state index contributed by atoms with van der Waals surface area (Å²) in [6.45, 7) is 5.68. The van der Waals surface area contributed by atoms with Gasteiger partial charge in [-0.25, -0.2) is 4.98 Å². The van der Waals surface area contributed by atoms with Crippen molar-refractivity contribution in [3.05, 3.63) is 10.6 Å². The van der Waals surface area contributed by atoms with Crippen molar-refractivity contribution in [2.45, 2.75) is 50.9 Å². The third kappa shape index (κ3) is 2.43. The molecule has 2 rings (SSSR count). The second kappa shape index (κ2) is 5.50. The van der Waals surface area contributed by atoms with E-state index in [-0.39, 0.29) is 0 Å². The lowest BCUT2D eigenvalue weighted by Crippen LogP contribution is -2.37. The van der Waals surface area contributed by atoms with Crippen molar-refractivity contribution in [2.75, 3.05) is 11.4 Å². The molecule has 16 heavy (non-hydrogen) atoms. The Morgan fingerprint density at radius 3 is 2.88 bits per heavy atom. The van der Waals surface area contributed by atoms with Crippen molar-refractivity contribution < 1.29 is 0 Å². The van der Waals surface area contributed by atoms with Gasteiger partial charge in [0, 0.05) is 22.8 Å². The van der Waals surface area contributed by atoms with E-state index in [1.54, 1.807) is 0 Å². The minimum absolute atomic E-state index is 0.660. The molecule has 1 aliphatic heterocycles. The monoisotopic (exact) mass is 302 g/mol. The van der Waals surface area contributed by atoms with E-state index in [1.165, 1.54) is 41.5 Å². The zero-order valence-corrected chi connectivity index (χ0v) is 12.4. The van der Waals surface area contributed by atoms with E-state index in [0.717, 1.165) is 11.8 Å². The van der Waals surface area contributed by atoms with Gasteiger partial charge in [0.2, 0.25) is 0 Å². The molecule has 1 fully saturated rings. The number of anilines is 1. The van der Waals surface area contributed by atoms with Crippen LogP contribution < -0.4 is 4.90 Å². The van der Waals surface area contributed by atoms with Gasteiger partial charge in [-0.1, -0.05) is 22.9 Å². The van der Waals surface area contributed by atoms with Gasteiger partial charge in [-0.3, -0.25) is 0 Å². The Labute approximate surface area is 110 Å². The van der Waals surface area contributed by atoms with Crippen LogP contribution in [-0.4, -0.2) is 17.6 Å². The molecule has 4 heteroatoms. The van der Waals surface area contributed by atoms with E-state index in [4.69, 9.17) is 4.98 Å². The SMILES string of the molecule is CCc1nc(N2CCCCC2C)sc1CBr. The second-order valence-corrected chi connectivity index (χ2v) is 6.01. The van der Waals surface area contributed by atoms with Crippen molar-refractivity contribution in [1.29, 1.82) is 0 Å². The fraction of sp³-hybridized carbons (Fsp3) is 0.750. The van der Waals surface area contributed by atoms with Gasteiger partial charge < -0.3 is 4.90 Å². The van der Waals surface area contributed by atoms with Crippen LogP contribution in [0.4, 0.5) is 5.13 Å². The quantitative estimate of drug-likeness (QED) is 0.785. The molecule has 0 aliphatic carbocycles. The summed E-state index contributed by atoms with van der Waals surface area (Å²) in [6.07, 6.45) is 5.04. The lowest BCUT2D eigenvalue weighted by molar-refractivity contribution is 0.484. The summed E-state index contributed by atoms with van der Waals surface area (Å²) >= 11 is 5.42. The van der Waals surface area contributed by atoms with Crippen LogP contribution in [0, 0.1) is 0 Å². The van der Waals surface area contributed by atoms with E-state index in [1.807, 2.05) is 11.3 Å². The highest BCUT2D eigenvalue weighted by Crippen LogP contribution is 2.32. The van der Waals surface area contributed by atoms with Crippen LogP contribution in [0.1, 0.15) is 43.7 Å². The Morgan fingerprint density at radius 2 is 2.31 bits per heavy atom. The lowest BCUT2D eigenvalue weighted by Gasteiger charge is -2.33. The average Bonchev–Trinajstić information content (AvgIpc) is 2.72. The minimum atomic E-state index is 0.660. The highest BCUT2D eigenvalue weighted by atomic mass is 79.9. The summed E-state index contributed by atoms with van der Waals surface area (Å²) in [5.74, 6) is 0. The molecule has 0 radical (unpaired) electrons. The van der Waals surface area contributed by atoms with Crippen molar-refractivity contribution in [3.8, 4) is 0 Å². The molecule has 0 bridgehead atoms. The molecule has 1 aromatic rings.